The van der Waals surface area contributed by atoms with E-state index >= 15 is 0 Å². The molecule has 0 saturated heterocycles. The van der Waals surface area contributed by atoms with Crippen LogP contribution in [-0.2, 0) is 11.8 Å². The van der Waals surface area contributed by atoms with E-state index in [9.17, 15) is 19.8 Å². The summed E-state index contributed by atoms with van der Waals surface area (Å²) in [6.45, 7) is 7.97. The summed E-state index contributed by atoms with van der Waals surface area (Å²) < 4.78 is 4.19. The average Bonchev–Trinajstić information content (AvgIpc) is 3.67. The average molecular weight is 644 g/mol. The molecular formula is C32H30ClN7O4S. The van der Waals surface area contributed by atoms with E-state index in [0.29, 0.717) is 34.3 Å². The minimum Gasteiger partial charge on any atom is -0.506 e. The predicted molar refractivity (Wildman–Crippen MR) is 178 cm³/mol. The van der Waals surface area contributed by atoms with Gasteiger partial charge in [-0.25, -0.2) is 19.3 Å². The normalized spacial score (nSPS) is 11.7. The number of phenolic OH excluding ortho intramolecular Hbond substituents is 1. The number of anilines is 4. The second-order valence-corrected chi connectivity index (χ2v) is 12.9. The molecule has 2 amide bonds. The number of rotatable bonds is 7. The second kappa shape index (κ2) is 11.5. The van der Waals surface area contributed by atoms with Crippen LogP contribution < -0.4 is 16.0 Å². The highest BCUT2D eigenvalue weighted by molar-refractivity contribution is 7.23. The van der Waals surface area contributed by atoms with Crippen molar-refractivity contribution in [1.29, 1.82) is 0 Å². The number of carboxylic acids is 1. The van der Waals surface area contributed by atoms with Gasteiger partial charge >= 0.3 is 12.0 Å². The number of aryl methyl sites for hydroxylation is 1. The minimum absolute atomic E-state index is 0.0450. The molecular weight excluding hydrogens is 614 g/mol. The standard InChI is InChI=1S/C32H30ClN7O4S/c1-5-22-28(29(42)43)39-23-12-10-19(14-25(23)45-31(39)36-22)34-17-6-8-18(9-7-17)35-30(44)37-27-16-26(32(2,3)4)38-40(27)20-11-13-24(41)21(33)15-20/h6-16,34,41H,5H2,1-4H3,(H,42,43)(H2,35,37,44). The topological polar surface area (TPSA) is 146 Å². The largest absolute Gasteiger partial charge is 0.506 e. The van der Waals surface area contributed by atoms with E-state index in [2.05, 4.69) is 26.0 Å². The number of hydrogen-bond acceptors (Lipinski definition) is 7. The third-order valence-electron chi connectivity index (χ3n) is 7.18. The number of carboxylic acid groups (broad SMARTS) is 1. The lowest BCUT2D eigenvalue weighted by atomic mass is 9.92. The lowest BCUT2D eigenvalue weighted by Crippen LogP contribution is -2.21. The van der Waals surface area contributed by atoms with Gasteiger partial charge in [-0.1, -0.05) is 50.6 Å². The molecule has 6 rings (SSSR count). The molecule has 0 atom stereocenters. The van der Waals surface area contributed by atoms with Crippen LogP contribution in [0.1, 0.15) is 49.6 Å². The molecule has 3 heterocycles. The molecule has 0 unspecified atom stereocenters. The van der Waals surface area contributed by atoms with E-state index in [1.54, 1.807) is 39.4 Å². The van der Waals surface area contributed by atoms with Gasteiger partial charge in [-0.2, -0.15) is 5.10 Å². The van der Waals surface area contributed by atoms with Gasteiger partial charge in [0.25, 0.3) is 0 Å². The van der Waals surface area contributed by atoms with Gasteiger partial charge in [-0.15, -0.1) is 0 Å². The smallest absolute Gasteiger partial charge is 0.354 e. The van der Waals surface area contributed by atoms with Crippen molar-refractivity contribution in [1.82, 2.24) is 19.2 Å². The number of carbonyl (C=O) groups excluding carboxylic acids is 1. The van der Waals surface area contributed by atoms with Gasteiger partial charge in [-0.3, -0.25) is 9.72 Å². The molecule has 13 heteroatoms. The first-order valence-corrected chi connectivity index (χ1v) is 15.3. The summed E-state index contributed by atoms with van der Waals surface area (Å²) >= 11 is 7.57. The first-order valence-electron chi connectivity index (χ1n) is 14.1. The van der Waals surface area contributed by atoms with E-state index < -0.39 is 12.0 Å². The first-order chi connectivity index (χ1) is 21.4. The summed E-state index contributed by atoms with van der Waals surface area (Å²) in [6.07, 6.45) is 0.543. The fourth-order valence-electron chi connectivity index (χ4n) is 4.90. The molecule has 0 saturated carbocycles. The van der Waals surface area contributed by atoms with Crippen LogP contribution in [0.2, 0.25) is 5.02 Å². The number of imidazole rings is 1. The highest BCUT2D eigenvalue weighted by Gasteiger charge is 2.23. The number of aromatic carboxylic acids is 1. The van der Waals surface area contributed by atoms with E-state index in [4.69, 9.17) is 11.6 Å². The second-order valence-electron chi connectivity index (χ2n) is 11.5. The number of aromatic nitrogens is 4. The summed E-state index contributed by atoms with van der Waals surface area (Å²) in [6, 6.07) is 19.1. The zero-order valence-electron chi connectivity index (χ0n) is 24.8. The van der Waals surface area contributed by atoms with Crippen LogP contribution in [0.4, 0.5) is 27.7 Å². The van der Waals surface area contributed by atoms with Crippen molar-refractivity contribution in [3.8, 4) is 11.4 Å². The van der Waals surface area contributed by atoms with Gasteiger partial charge in [-0.05, 0) is 67.1 Å². The fraction of sp³-hybridized carbons (Fsp3) is 0.188. The number of benzene rings is 3. The van der Waals surface area contributed by atoms with E-state index in [1.165, 1.54) is 17.4 Å². The Labute approximate surface area is 267 Å². The molecule has 5 N–H and O–H groups in total. The van der Waals surface area contributed by atoms with E-state index in [0.717, 1.165) is 27.3 Å². The SMILES string of the molecule is CCc1nc2sc3cc(Nc4ccc(NC(=O)Nc5cc(C(C)(C)C)nn5-c5ccc(O)c(Cl)c5)cc4)ccc3n2c1C(=O)O. The van der Waals surface area contributed by atoms with Crippen molar-refractivity contribution in [2.45, 2.75) is 39.5 Å². The third-order valence-corrected chi connectivity index (χ3v) is 8.49. The summed E-state index contributed by atoms with van der Waals surface area (Å²) in [4.78, 5) is 30.1. The quantitative estimate of drug-likeness (QED) is 0.118. The monoisotopic (exact) mass is 643 g/mol. The van der Waals surface area contributed by atoms with Crippen LogP contribution in [0.3, 0.4) is 0 Å². The Hall–Kier alpha value is -5.07. The highest BCUT2D eigenvalue weighted by atomic mass is 35.5. The highest BCUT2D eigenvalue weighted by Crippen LogP contribution is 2.33. The molecule has 3 aromatic heterocycles. The number of nitrogens with one attached hydrogen (secondary N) is 3. The molecule has 0 aliphatic carbocycles. The van der Waals surface area contributed by atoms with Gasteiger partial charge in [0, 0.05) is 28.5 Å². The summed E-state index contributed by atoms with van der Waals surface area (Å²) in [7, 11) is 0. The fourth-order valence-corrected chi connectivity index (χ4v) is 6.16. The van der Waals surface area contributed by atoms with Crippen LogP contribution in [0.5, 0.6) is 5.75 Å². The molecule has 230 valence electrons. The molecule has 0 aliphatic rings. The van der Waals surface area contributed by atoms with Crippen LogP contribution in [0.25, 0.3) is 20.9 Å². The molecule has 3 aromatic carbocycles. The number of carbonyl (C=O) groups is 2. The van der Waals surface area contributed by atoms with Gasteiger partial charge in [0.05, 0.1) is 32.3 Å². The van der Waals surface area contributed by atoms with Crippen molar-refractivity contribution < 1.29 is 19.8 Å². The van der Waals surface area contributed by atoms with Gasteiger partial charge in [0.15, 0.2) is 10.7 Å². The van der Waals surface area contributed by atoms with E-state index in [-0.39, 0.29) is 21.9 Å². The summed E-state index contributed by atoms with van der Waals surface area (Å²) in [5.74, 6) is -0.599. The molecule has 0 bridgehead atoms. The van der Waals surface area contributed by atoms with Crippen LogP contribution in [0.15, 0.2) is 66.7 Å². The maximum atomic E-state index is 13.0. The zero-order chi connectivity index (χ0) is 32.0. The Morgan fingerprint density at radius 3 is 2.33 bits per heavy atom. The van der Waals surface area contributed by atoms with Crippen molar-refractivity contribution in [2.75, 3.05) is 16.0 Å². The van der Waals surface area contributed by atoms with Crippen LogP contribution in [0, 0.1) is 0 Å². The van der Waals surface area contributed by atoms with E-state index in [1.807, 2.05) is 58.0 Å². The first kappa shape index (κ1) is 30.0. The molecule has 11 nitrogen and oxygen atoms in total. The maximum absolute atomic E-state index is 13.0. The summed E-state index contributed by atoms with van der Waals surface area (Å²) in [5, 5.41) is 33.5. The lowest BCUT2D eigenvalue weighted by molar-refractivity contribution is 0.0688. The number of thiazole rings is 1. The van der Waals surface area contributed by atoms with Crippen LogP contribution in [-0.4, -0.2) is 41.4 Å². The summed E-state index contributed by atoms with van der Waals surface area (Å²) in [5.41, 5.74) is 4.85. The molecule has 45 heavy (non-hydrogen) atoms. The number of nitrogens with zero attached hydrogens (tertiary/aromatic N) is 4. The van der Waals surface area contributed by atoms with Gasteiger partial charge in [0.1, 0.15) is 11.6 Å². The molecule has 6 aromatic rings. The minimum atomic E-state index is -0.994. The van der Waals surface area contributed by atoms with Crippen molar-refractivity contribution in [3.63, 3.8) is 0 Å². The van der Waals surface area contributed by atoms with Crippen molar-refractivity contribution >= 4 is 73.0 Å². The van der Waals surface area contributed by atoms with Crippen LogP contribution >= 0.6 is 22.9 Å². The number of amides is 2. The third kappa shape index (κ3) is 5.89. The number of fused-ring (bicyclic) bond motifs is 3. The molecule has 0 fully saturated rings. The zero-order valence-corrected chi connectivity index (χ0v) is 26.4. The Balaban J connectivity index is 1.17. The molecule has 0 aliphatic heterocycles. The van der Waals surface area contributed by atoms with Crippen molar-refractivity contribution in [3.05, 3.63) is 88.8 Å². The van der Waals surface area contributed by atoms with Gasteiger partial charge < -0.3 is 20.8 Å². The Morgan fingerprint density at radius 1 is 0.956 bits per heavy atom. The Bertz CT molecular complexity index is 2090. The lowest BCUT2D eigenvalue weighted by Gasteiger charge is -2.14. The number of aromatic hydroxyl groups is 1. The number of hydrogen-bond donors (Lipinski definition) is 5. The molecule has 0 radical (unpaired) electrons. The number of phenols is 1. The number of halogens is 1. The molecule has 0 spiro atoms. The predicted octanol–water partition coefficient (Wildman–Crippen LogP) is 8.04. The van der Waals surface area contributed by atoms with Gasteiger partial charge in [0.2, 0.25) is 0 Å². The maximum Gasteiger partial charge on any atom is 0.354 e. The number of urea groups is 1. The Kier molecular flexibility index (Phi) is 7.63. The Morgan fingerprint density at radius 2 is 1.67 bits per heavy atom. The van der Waals surface area contributed by atoms with Crippen molar-refractivity contribution in [2.24, 2.45) is 0 Å².